The second kappa shape index (κ2) is 5.89. The molecule has 0 aliphatic carbocycles. The zero-order valence-electron chi connectivity index (χ0n) is 13.5. The van der Waals surface area contributed by atoms with Crippen LogP contribution in [-0.2, 0) is 6.54 Å². The van der Waals surface area contributed by atoms with E-state index in [9.17, 15) is 14.0 Å². The predicted octanol–water partition coefficient (Wildman–Crippen LogP) is 1.66. The molecule has 7 nitrogen and oxygen atoms in total. The van der Waals surface area contributed by atoms with Crippen LogP contribution in [0.1, 0.15) is 6.92 Å². The summed E-state index contributed by atoms with van der Waals surface area (Å²) in [6, 6.07) is 1.17. The van der Waals surface area contributed by atoms with Crippen LogP contribution in [0.5, 0.6) is 0 Å². The van der Waals surface area contributed by atoms with E-state index in [2.05, 4.69) is 10.5 Å². The van der Waals surface area contributed by atoms with Gasteiger partial charge in [0.2, 0.25) is 11.1 Å². The first kappa shape index (κ1) is 16.2. The number of aryl methyl sites for hydroxylation is 1. The van der Waals surface area contributed by atoms with Gasteiger partial charge in [0.15, 0.2) is 5.39 Å². The molecule has 4 rings (SSSR count). The van der Waals surface area contributed by atoms with Gasteiger partial charge in [-0.05, 0) is 13.0 Å². The molecule has 1 aromatic carbocycles. The Morgan fingerprint density at radius 3 is 2.72 bits per heavy atom. The molecule has 2 aromatic heterocycles. The molecule has 25 heavy (non-hydrogen) atoms. The summed E-state index contributed by atoms with van der Waals surface area (Å²) in [7, 11) is 0. The average molecular weight is 367 g/mol. The van der Waals surface area contributed by atoms with Gasteiger partial charge in [-0.1, -0.05) is 11.6 Å². The highest BCUT2D eigenvalue weighted by Crippen LogP contribution is 2.36. The van der Waals surface area contributed by atoms with E-state index < -0.39 is 16.8 Å². The first-order valence-electron chi connectivity index (χ1n) is 8.06. The maximum atomic E-state index is 14.8. The van der Waals surface area contributed by atoms with Gasteiger partial charge in [0.25, 0.3) is 5.56 Å². The van der Waals surface area contributed by atoms with Crippen LogP contribution in [0.4, 0.5) is 10.1 Å². The number of benzene rings is 1. The number of nitrogens with zero attached hydrogens (tertiary/aromatic N) is 2. The summed E-state index contributed by atoms with van der Waals surface area (Å²) in [4.78, 5) is 26.4. The van der Waals surface area contributed by atoms with Gasteiger partial charge in [-0.3, -0.25) is 9.59 Å². The van der Waals surface area contributed by atoms with E-state index in [0.717, 1.165) is 13.1 Å². The summed E-state index contributed by atoms with van der Waals surface area (Å²) in [6.45, 7) is 4.90. The number of aromatic nitrogens is 2. The van der Waals surface area contributed by atoms with Crippen LogP contribution in [0, 0.1) is 5.82 Å². The molecule has 3 aromatic rings. The lowest BCUT2D eigenvalue weighted by Crippen LogP contribution is -2.44. The quantitative estimate of drug-likeness (QED) is 0.720. The normalized spacial score (nSPS) is 15.4. The van der Waals surface area contributed by atoms with E-state index in [0.29, 0.717) is 25.2 Å². The highest BCUT2D eigenvalue weighted by Gasteiger charge is 2.25. The standard InChI is InChI=1S/C16H16ClFN4O3/c1-2-22-12-8(14(23)10-15(24)20-25-16(10)22)7-9(18)13(11(12)17)21-5-3-19-4-6-21/h7,19H,2-6H2,1H3,(H,20,24). The molecular formula is C16H16ClFN4O3. The van der Waals surface area contributed by atoms with Crippen molar-refractivity contribution in [2.24, 2.45) is 0 Å². The highest BCUT2D eigenvalue weighted by atomic mass is 35.5. The Balaban J connectivity index is 2.14. The van der Waals surface area contributed by atoms with Crippen molar-refractivity contribution in [2.45, 2.75) is 13.5 Å². The molecular weight excluding hydrogens is 351 g/mol. The monoisotopic (exact) mass is 366 g/mol. The minimum Gasteiger partial charge on any atom is -0.365 e. The zero-order valence-corrected chi connectivity index (χ0v) is 14.2. The van der Waals surface area contributed by atoms with E-state index in [1.165, 1.54) is 6.07 Å². The molecule has 0 radical (unpaired) electrons. The smallest absolute Gasteiger partial charge is 0.293 e. The lowest BCUT2D eigenvalue weighted by Gasteiger charge is -2.31. The maximum absolute atomic E-state index is 14.8. The summed E-state index contributed by atoms with van der Waals surface area (Å²) < 4.78 is 21.6. The number of pyridine rings is 1. The number of hydrogen-bond donors (Lipinski definition) is 2. The van der Waals surface area contributed by atoms with Crippen LogP contribution in [0.25, 0.3) is 22.0 Å². The number of halogens is 2. The number of rotatable bonds is 2. The lowest BCUT2D eigenvalue weighted by atomic mass is 10.1. The van der Waals surface area contributed by atoms with Crippen LogP contribution in [0.2, 0.25) is 5.02 Å². The molecule has 1 aliphatic heterocycles. The minimum absolute atomic E-state index is 0.0719. The van der Waals surface area contributed by atoms with E-state index in [1.807, 2.05) is 11.8 Å². The van der Waals surface area contributed by atoms with Gasteiger partial charge in [-0.15, -0.1) is 0 Å². The van der Waals surface area contributed by atoms with Crippen molar-refractivity contribution < 1.29 is 8.91 Å². The average Bonchev–Trinajstić information content (AvgIpc) is 2.99. The van der Waals surface area contributed by atoms with E-state index >= 15 is 0 Å². The molecule has 0 amide bonds. The molecule has 1 saturated heterocycles. The summed E-state index contributed by atoms with van der Waals surface area (Å²) in [5, 5.41) is 5.48. The zero-order chi connectivity index (χ0) is 17.7. The Kier molecular flexibility index (Phi) is 3.81. The van der Waals surface area contributed by atoms with Crippen LogP contribution in [0.3, 0.4) is 0 Å². The van der Waals surface area contributed by atoms with Crippen LogP contribution in [-0.4, -0.2) is 35.9 Å². The molecule has 3 heterocycles. The first-order chi connectivity index (χ1) is 12.0. The second-order valence-corrected chi connectivity index (χ2v) is 6.32. The molecule has 0 atom stereocenters. The van der Waals surface area contributed by atoms with Gasteiger partial charge >= 0.3 is 0 Å². The van der Waals surface area contributed by atoms with Gasteiger partial charge in [-0.2, -0.15) is 5.16 Å². The molecule has 0 bridgehead atoms. The highest BCUT2D eigenvalue weighted by molar-refractivity contribution is 6.38. The third-order valence-electron chi connectivity index (χ3n) is 4.59. The van der Waals surface area contributed by atoms with Gasteiger partial charge in [0, 0.05) is 32.7 Å². The number of hydrogen-bond acceptors (Lipinski definition) is 5. The van der Waals surface area contributed by atoms with Crippen LogP contribution >= 0.6 is 11.6 Å². The van der Waals surface area contributed by atoms with Crippen LogP contribution in [0.15, 0.2) is 20.2 Å². The lowest BCUT2D eigenvalue weighted by molar-refractivity contribution is 0.430. The number of piperazine rings is 1. The van der Waals surface area contributed by atoms with E-state index in [-0.39, 0.29) is 27.2 Å². The Bertz CT molecular complexity index is 1090. The van der Waals surface area contributed by atoms with Crippen molar-refractivity contribution in [3.8, 4) is 0 Å². The third kappa shape index (κ3) is 2.28. The van der Waals surface area contributed by atoms with Gasteiger partial charge in [0.1, 0.15) is 5.82 Å². The molecule has 1 aliphatic rings. The van der Waals surface area contributed by atoms with Crippen molar-refractivity contribution in [1.29, 1.82) is 0 Å². The Morgan fingerprint density at radius 2 is 2.04 bits per heavy atom. The summed E-state index contributed by atoms with van der Waals surface area (Å²) in [6.07, 6.45) is 0. The van der Waals surface area contributed by atoms with Crippen molar-refractivity contribution in [2.75, 3.05) is 31.1 Å². The number of fused-ring (bicyclic) bond motifs is 2. The summed E-state index contributed by atoms with van der Waals surface area (Å²) >= 11 is 6.55. The minimum atomic E-state index is -0.633. The van der Waals surface area contributed by atoms with Gasteiger partial charge < -0.3 is 19.3 Å². The van der Waals surface area contributed by atoms with E-state index in [4.69, 9.17) is 16.1 Å². The van der Waals surface area contributed by atoms with Crippen molar-refractivity contribution >= 4 is 39.3 Å². The van der Waals surface area contributed by atoms with Gasteiger partial charge in [-0.25, -0.2) is 4.39 Å². The van der Waals surface area contributed by atoms with Gasteiger partial charge in [0.05, 0.1) is 21.6 Å². The number of nitrogens with one attached hydrogen (secondary N) is 2. The van der Waals surface area contributed by atoms with Crippen molar-refractivity contribution in [3.05, 3.63) is 37.5 Å². The number of H-pyrrole nitrogens is 1. The SMILES string of the molecule is CCn1c2o[nH]c(=O)c2c(=O)c2cc(F)c(N3CCNCC3)c(Cl)c21. The Hall–Kier alpha value is -2.32. The molecule has 0 saturated carbocycles. The molecule has 9 heteroatoms. The maximum Gasteiger partial charge on any atom is 0.293 e. The first-order valence-corrected chi connectivity index (χ1v) is 8.43. The topological polar surface area (TPSA) is 83.3 Å². The fraction of sp³-hybridized carbons (Fsp3) is 0.375. The molecule has 1 fully saturated rings. The van der Waals surface area contributed by atoms with Crippen molar-refractivity contribution in [3.63, 3.8) is 0 Å². The summed E-state index contributed by atoms with van der Waals surface area (Å²) in [5.41, 5.74) is -0.456. The number of anilines is 1. The van der Waals surface area contributed by atoms with Crippen molar-refractivity contribution in [1.82, 2.24) is 15.0 Å². The fourth-order valence-corrected chi connectivity index (χ4v) is 3.85. The largest absolute Gasteiger partial charge is 0.365 e. The number of aromatic amines is 1. The fourth-order valence-electron chi connectivity index (χ4n) is 3.44. The summed E-state index contributed by atoms with van der Waals surface area (Å²) in [5.74, 6) is -0.571. The van der Waals surface area contributed by atoms with Crippen LogP contribution < -0.4 is 21.2 Å². The third-order valence-corrected chi connectivity index (χ3v) is 4.94. The van der Waals surface area contributed by atoms with E-state index in [1.54, 1.807) is 4.57 Å². The Morgan fingerprint density at radius 1 is 1.32 bits per heavy atom. The molecule has 0 unspecified atom stereocenters. The molecule has 2 N–H and O–H groups in total. The molecule has 0 spiro atoms. The second-order valence-electron chi connectivity index (χ2n) is 5.94. The molecule has 132 valence electrons. The predicted molar refractivity (Wildman–Crippen MR) is 94.3 cm³/mol. The Labute approximate surface area is 145 Å².